The van der Waals surface area contributed by atoms with E-state index in [1.54, 1.807) is 23.1 Å². The van der Waals surface area contributed by atoms with Gasteiger partial charge in [0.15, 0.2) is 0 Å². The largest absolute Gasteiger partial charge is 0.478 e. The topological polar surface area (TPSA) is 57.6 Å². The van der Waals surface area contributed by atoms with Crippen molar-refractivity contribution >= 4 is 11.9 Å². The Balaban J connectivity index is 1.69. The van der Waals surface area contributed by atoms with Crippen molar-refractivity contribution in [3.05, 3.63) is 71.0 Å². The van der Waals surface area contributed by atoms with Crippen LogP contribution in [0, 0.1) is 5.82 Å². The zero-order valence-electron chi connectivity index (χ0n) is 13.1. The van der Waals surface area contributed by atoms with Crippen LogP contribution in [0.4, 0.5) is 4.39 Å². The number of carbonyl (C=O) groups is 2. The molecule has 2 aromatic carbocycles. The molecular formula is C19H18FNO3. The lowest BCUT2D eigenvalue weighted by molar-refractivity contribution is -0.131. The number of rotatable bonds is 6. The van der Waals surface area contributed by atoms with Crippen LogP contribution in [0.5, 0.6) is 0 Å². The molecule has 1 fully saturated rings. The summed E-state index contributed by atoms with van der Waals surface area (Å²) in [5.41, 5.74) is 1.75. The summed E-state index contributed by atoms with van der Waals surface area (Å²) in [4.78, 5) is 25.3. The van der Waals surface area contributed by atoms with Crippen molar-refractivity contribution in [2.45, 2.75) is 31.8 Å². The molecule has 0 aromatic heterocycles. The second-order valence-electron chi connectivity index (χ2n) is 6.06. The molecule has 1 aliphatic rings. The second kappa shape index (κ2) is 6.83. The van der Waals surface area contributed by atoms with Gasteiger partial charge in [0.2, 0.25) is 5.91 Å². The van der Waals surface area contributed by atoms with Crippen molar-refractivity contribution in [1.29, 1.82) is 0 Å². The van der Waals surface area contributed by atoms with E-state index in [1.165, 1.54) is 24.3 Å². The van der Waals surface area contributed by atoms with E-state index in [-0.39, 0.29) is 29.8 Å². The maximum atomic E-state index is 13.3. The molecule has 0 atom stereocenters. The lowest BCUT2D eigenvalue weighted by atomic mass is 10.1. The van der Waals surface area contributed by atoms with Crippen molar-refractivity contribution in [3.63, 3.8) is 0 Å². The average molecular weight is 327 g/mol. The van der Waals surface area contributed by atoms with E-state index in [2.05, 4.69) is 0 Å². The van der Waals surface area contributed by atoms with Gasteiger partial charge >= 0.3 is 5.97 Å². The highest BCUT2D eigenvalue weighted by atomic mass is 19.1. The number of carboxylic acid groups (broad SMARTS) is 1. The molecular weight excluding hydrogens is 309 g/mol. The third kappa shape index (κ3) is 3.98. The fourth-order valence-electron chi connectivity index (χ4n) is 2.68. The van der Waals surface area contributed by atoms with Gasteiger partial charge in [-0.1, -0.05) is 24.3 Å². The molecule has 1 aliphatic carbocycles. The zero-order chi connectivity index (χ0) is 17.1. The zero-order valence-corrected chi connectivity index (χ0v) is 13.1. The Hall–Kier alpha value is -2.69. The van der Waals surface area contributed by atoms with E-state index in [4.69, 9.17) is 5.11 Å². The molecule has 1 amide bonds. The van der Waals surface area contributed by atoms with E-state index in [0.29, 0.717) is 6.54 Å². The van der Waals surface area contributed by atoms with Crippen LogP contribution in [0.1, 0.15) is 34.3 Å². The summed E-state index contributed by atoms with van der Waals surface area (Å²) in [7, 11) is 0. The van der Waals surface area contributed by atoms with E-state index in [9.17, 15) is 14.0 Å². The van der Waals surface area contributed by atoms with Gasteiger partial charge in [0, 0.05) is 12.6 Å². The van der Waals surface area contributed by atoms with Gasteiger partial charge in [-0.2, -0.15) is 0 Å². The van der Waals surface area contributed by atoms with Gasteiger partial charge < -0.3 is 10.0 Å². The maximum absolute atomic E-state index is 13.3. The van der Waals surface area contributed by atoms with Crippen LogP contribution in [0.3, 0.4) is 0 Å². The van der Waals surface area contributed by atoms with Gasteiger partial charge in [-0.15, -0.1) is 0 Å². The van der Waals surface area contributed by atoms with E-state index in [1.807, 2.05) is 6.07 Å². The Morgan fingerprint density at radius 3 is 2.38 bits per heavy atom. The van der Waals surface area contributed by atoms with E-state index >= 15 is 0 Å². The first-order valence-corrected chi connectivity index (χ1v) is 7.89. The Morgan fingerprint density at radius 2 is 1.79 bits per heavy atom. The van der Waals surface area contributed by atoms with Crippen molar-refractivity contribution in [2.24, 2.45) is 0 Å². The van der Waals surface area contributed by atoms with Crippen LogP contribution < -0.4 is 0 Å². The molecule has 24 heavy (non-hydrogen) atoms. The first-order valence-electron chi connectivity index (χ1n) is 7.89. The highest BCUT2D eigenvalue weighted by Crippen LogP contribution is 2.29. The Morgan fingerprint density at radius 1 is 1.08 bits per heavy atom. The molecule has 0 saturated heterocycles. The standard InChI is InChI=1S/C19H18FNO3/c20-16-3-1-2-14(10-16)12-21(17-8-9-17)18(22)11-13-4-6-15(7-5-13)19(23)24/h1-7,10,17H,8-9,11-12H2,(H,23,24). The number of hydrogen-bond donors (Lipinski definition) is 1. The third-order valence-electron chi connectivity index (χ3n) is 4.11. The van der Waals surface area contributed by atoms with Gasteiger partial charge in [0.1, 0.15) is 5.82 Å². The van der Waals surface area contributed by atoms with Crippen LogP contribution in [0.2, 0.25) is 0 Å². The van der Waals surface area contributed by atoms with Gasteiger partial charge in [0.05, 0.1) is 12.0 Å². The molecule has 4 nitrogen and oxygen atoms in total. The monoisotopic (exact) mass is 327 g/mol. The predicted molar refractivity (Wildman–Crippen MR) is 87.1 cm³/mol. The minimum absolute atomic E-state index is 0.0233. The summed E-state index contributed by atoms with van der Waals surface area (Å²) in [6.45, 7) is 0.397. The molecule has 0 aliphatic heterocycles. The summed E-state index contributed by atoms with van der Waals surface area (Å²) < 4.78 is 13.3. The molecule has 0 radical (unpaired) electrons. The minimum Gasteiger partial charge on any atom is -0.478 e. The molecule has 1 N–H and O–H groups in total. The first-order chi connectivity index (χ1) is 11.5. The lowest BCUT2D eigenvalue weighted by Crippen LogP contribution is -2.33. The fraction of sp³-hybridized carbons (Fsp3) is 0.263. The number of hydrogen-bond acceptors (Lipinski definition) is 2. The first kappa shape index (κ1) is 16.2. The molecule has 1 saturated carbocycles. The highest BCUT2D eigenvalue weighted by molar-refractivity contribution is 5.87. The average Bonchev–Trinajstić information content (AvgIpc) is 3.38. The second-order valence-corrected chi connectivity index (χ2v) is 6.06. The predicted octanol–water partition coefficient (Wildman–Crippen LogP) is 3.26. The molecule has 0 unspecified atom stereocenters. The molecule has 0 bridgehead atoms. The van der Waals surface area contributed by atoms with Gasteiger partial charge in [0.25, 0.3) is 0 Å². The number of halogens is 1. The number of amides is 1. The van der Waals surface area contributed by atoms with Crippen molar-refractivity contribution in [2.75, 3.05) is 0 Å². The van der Waals surface area contributed by atoms with E-state index < -0.39 is 5.97 Å². The summed E-state index contributed by atoms with van der Waals surface area (Å²) in [6, 6.07) is 12.8. The molecule has 5 heteroatoms. The quantitative estimate of drug-likeness (QED) is 0.886. The maximum Gasteiger partial charge on any atom is 0.335 e. The summed E-state index contributed by atoms with van der Waals surface area (Å²) >= 11 is 0. The molecule has 0 spiro atoms. The smallest absolute Gasteiger partial charge is 0.335 e. The fourth-order valence-corrected chi connectivity index (χ4v) is 2.68. The molecule has 2 aromatic rings. The van der Waals surface area contributed by atoms with Crippen LogP contribution in [-0.4, -0.2) is 27.9 Å². The molecule has 124 valence electrons. The van der Waals surface area contributed by atoms with Crippen LogP contribution >= 0.6 is 0 Å². The number of carbonyl (C=O) groups excluding carboxylic acids is 1. The van der Waals surface area contributed by atoms with Crippen molar-refractivity contribution < 1.29 is 19.1 Å². The summed E-state index contributed by atoms with van der Waals surface area (Å²) in [6.07, 6.45) is 2.16. The lowest BCUT2D eigenvalue weighted by Gasteiger charge is -2.23. The van der Waals surface area contributed by atoms with Gasteiger partial charge in [-0.3, -0.25) is 4.79 Å². The highest BCUT2D eigenvalue weighted by Gasteiger charge is 2.32. The van der Waals surface area contributed by atoms with Crippen molar-refractivity contribution in [3.8, 4) is 0 Å². The number of benzene rings is 2. The van der Waals surface area contributed by atoms with Gasteiger partial charge in [-0.25, -0.2) is 9.18 Å². The van der Waals surface area contributed by atoms with Crippen LogP contribution in [0.15, 0.2) is 48.5 Å². The van der Waals surface area contributed by atoms with Crippen molar-refractivity contribution in [1.82, 2.24) is 4.90 Å². The summed E-state index contributed by atoms with van der Waals surface area (Å²) in [5, 5.41) is 8.91. The number of aromatic carboxylic acids is 1. The van der Waals surface area contributed by atoms with Crippen LogP contribution in [0.25, 0.3) is 0 Å². The number of nitrogens with zero attached hydrogens (tertiary/aromatic N) is 1. The van der Waals surface area contributed by atoms with Gasteiger partial charge in [-0.05, 0) is 48.2 Å². The number of carboxylic acids is 1. The Bertz CT molecular complexity index is 753. The van der Waals surface area contributed by atoms with Crippen LogP contribution in [-0.2, 0) is 17.8 Å². The molecule has 3 rings (SSSR count). The third-order valence-corrected chi connectivity index (χ3v) is 4.11. The minimum atomic E-state index is -0.987. The SMILES string of the molecule is O=C(O)c1ccc(CC(=O)N(Cc2cccc(F)c2)C2CC2)cc1. The Labute approximate surface area is 139 Å². The molecule has 0 heterocycles. The normalized spacial score (nSPS) is 13.5. The van der Waals surface area contributed by atoms with E-state index in [0.717, 1.165) is 24.0 Å². The summed E-state index contributed by atoms with van der Waals surface area (Å²) in [5.74, 6) is -1.32. The Kier molecular flexibility index (Phi) is 4.60.